The molecule has 8 nitrogen and oxygen atoms in total. The highest BCUT2D eigenvalue weighted by Crippen LogP contribution is 2.51. The molecule has 0 fully saturated rings. The van der Waals surface area contributed by atoms with Gasteiger partial charge in [0.05, 0.1) is 50.3 Å². The molecule has 1 aromatic rings. The van der Waals surface area contributed by atoms with Crippen LogP contribution in [0.5, 0.6) is 5.75 Å². The summed E-state index contributed by atoms with van der Waals surface area (Å²) in [6.07, 6.45) is 0. The van der Waals surface area contributed by atoms with Crippen molar-refractivity contribution in [3.8, 4) is 17.9 Å². The van der Waals surface area contributed by atoms with E-state index in [2.05, 4.69) is 5.32 Å². The second-order valence-corrected chi connectivity index (χ2v) is 7.56. The fourth-order valence-corrected chi connectivity index (χ4v) is 3.26. The van der Waals surface area contributed by atoms with Crippen molar-refractivity contribution in [3.63, 3.8) is 0 Å². The van der Waals surface area contributed by atoms with Crippen LogP contribution in [0.15, 0.2) is 41.1 Å². The molecular weight excluding hydrogens is 386 g/mol. The molecule has 30 heavy (non-hydrogen) atoms. The number of esters is 2. The van der Waals surface area contributed by atoms with Crippen LogP contribution >= 0.6 is 0 Å². The van der Waals surface area contributed by atoms with Crippen LogP contribution in [0.25, 0.3) is 5.57 Å². The molecule has 0 atom stereocenters. The van der Waals surface area contributed by atoms with Gasteiger partial charge in [-0.3, -0.25) is 0 Å². The van der Waals surface area contributed by atoms with E-state index in [-0.39, 0.29) is 22.4 Å². The molecule has 0 amide bonds. The Morgan fingerprint density at radius 1 is 0.933 bits per heavy atom. The lowest BCUT2D eigenvalue weighted by molar-refractivity contribution is -0.139. The molecule has 0 aliphatic heterocycles. The molecule has 156 valence electrons. The topological polar surface area (TPSA) is 121 Å². The maximum absolute atomic E-state index is 12.8. The molecule has 0 saturated carbocycles. The summed E-state index contributed by atoms with van der Waals surface area (Å²) < 4.78 is 15.0. The Bertz CT molecular complexity index is 1000. The van der Waals surface area contributed by atoms with Gasteiger partial charge in [0.1, 0.15) is 5.75 Å². The van der Waals surface area contributed by atoms with Crippen molar-refractivity contribution in [3.05, 3.63) is 46.7 Å². The Balaban J connectivity index is 3.00. The van der Waals surface area contributed by atoms with Gasteiger partial charge in [0, 0.05) is 11.1 Å². The van der Waals surface area contributed by atoms with Crippen LogP contribution < -0.4 is 10.1 Å². The molecule has 0 unspecified atom stereocenters. The van der Waals surface area contributed by atoms with E-state index in [4.69, 9.17) is 14.2 Å². The Hall–Kier alpha value is -3.78. The number of carbonyl (C=O) groups excluding carboxylic acids is 2. The van der Waals surface area contributed by atoms with Crippen molar-refractivity contribution in [2.75, 3.05) is 21.3 Å². The highest BCUT2D eigenvalue weighted by Gasteiger charge is 2.54. The van der Waals surface area contributed by atoms with Crippen molar-refractivity contribution < 1.29 is 23.8 Å². The van der Waals surface area contributed by atoms with Gasteiger partial charge < -0.3 is 19.5 Å². The fourth-order valence-electron chi connectivity index (χ4n) is 3.26. The van der Waals surface area contributed by atoms with Gasteiger partial charge in [-0.1, -0.05) is 12.1 Å². The molecule has 0 heterocycles. The van der Waals surface area contributed by atoms with Gasteiger partial charge in [-0.25, -0.2) is 9.59 Å². The quantitative estimate of drug-likeness (QED) is 0.736. The largest absolute Gasteiger partial charge is 0.497 e. The van der Waals surface area contributed by atoms with Crippen LogP contribution in [0.4, 0.5) is 0 Å². The minimum Gasteiger partial charge on any atom is -0.497 e. The number of rotatable bonds is 5. The van der Waals surface area contributed by atoms with E-state index in [1.165, 1.54) is 7.11 Å². The first-order chi connectivity index (χ1) is 14.1. The fraction of sp³-hybridized carbons (Fsp3) is 0.364. The highest BCUT2D eigenvalue weighted by molar-refractivity contribution is 6.17. The van der Waals surface area contributed by atoms with Gasteiger partial charge in [-0.15, -0.1) is 0 Å². The monoisotopic (exact) mass is 409 g/mol. The van der Waals surface area contributed by atoms with Crippen molar-refractivity contribution in [1.82, 2.24) is 5.32 Å². The predicted octanol–water partition coefficient (Wildman–Crippen LogP) is 2.48. The first kappa shape index (κ1) is 22.5. The number of nitrogens with zero attached hydrogens (tertiary/aromatic N) is 2. The van der Waals surface area contributed by atoms with Gasteiger partial charge >= 0.3 is 11.9 Å². The first-order valence-corrected chi connectivity index (χ1v) is 9.01. The summed E-state index contributed by atoms with van der Waals surface area (Å²) in [5.74, 6) is -1.17. The molecule has 0 aromatic heterocycles. The van der Waals surface area contributed by atoms with E-state index in [1.807, 2.05) is 12.1 Å². The average molecular weight is 409 g/mol. The van der Waals surface area contributed by atoms with Crippen LogP contribution in [0.3, 0.4) is 0 Å². The number of hydrogen-bond donors (Lipinski definition) is 1. The molecule has 1 aliphatic carbocycles. The molecule has 0 bridgehead atoms. The van der Waals surface area contributed by atoms with Gasteiger partial charge in [-0.2, -0.15) is 10.5 Å². The third-order valence-corrected chi connectivity index (χ3v) is 4.49. The number of methoxy groups -OCH3 is 3. The lowest BCUT2D eigenvalue weighted by Crippen LogP contribution is -2.41. The number of allylic oxidation sites excluding steroid dienone is 1. The summed E-state index contributed by atoms with van der Waals surface area (Å²) in [7, 11) is 3.82. The van der Waals surface area contributed by atoms with Gasteiger partial charge in [0.2, 0.25) is 5.41 Å². The predicted molar refractivity (Wildman–Crippen MR) is 108 cm³/mol. The van der Waals surface area contributed by atoms with Crippen LogP contribution in [0, 0.1) is 28.1 Å². The Morgan fingerprint density at radius 2 is 1.43 bits per heavy atom. The van der Waals surface area contributed by atoms with Crippen LogP contribution in [0.2, 0.25) is 0 Å². The summed E-state index contributed by atoms with van der Waals surface area (Å²) in [4.78, 5) is 25.5. The molecule has 0 saturated heterocycles. The zero-order valence-corrected chi connectivity index (χ0v) is 17.7. The SMILES string of the molecule is COC(=O)C1=C(NC(C)(C)C)C(C#N)(C#N)C(c2ccc(OC)cc2)=C1C(=O)OC. The van der Waals surface area contributed by atoms with E-state index >= 15 is 0 Å². The van der Waals surface area contributed by atoms with E-state index in [0.29, 0.717) is 11.3 Å². The standard InChI is InChI=1S/C22H23N3O5/c1-21(2,3)25-18-16(20(27)30-6)15(19(26)29-5)17(22(18,11-23)12-24)13-7-9-14(28-4)10-8-13/h7-10,25H,1-6H3. The summed E-state index contributed by atoms with van der Waals surface area (Å²) in [6.45, 7) is 5.41. The average Bonchev–Trinajstić information content (AvgIpc) is 3.01. The normalized spacial score (nSPS) is 15.2. The smallest absolute Gasteiger partial charge is 0.340 e. The minimum atomic E-state index is -1.96. The van der Waals surface area contributed by atoms with Crippen LogP contribution in [0.1, 0.15) is 26.3 Å². The number of nitrogens with one attached hydrogen (secondary N) is 1. The lowest BCUT2D eigenvalue weighted by Gasteiger charge is -2.30. The van der Waals surface area contributed by atoms with Crippen molar-refractivity contribution in [1.29, 1.82) is 10.5 Å². The third-order valence-electron chi connectivity index (χ3n) is 4.49. The van der Waals surface area contributed by atoms with Crippen molar-refractivity contribution in [2.24, 2.45) is 5.41 Å². The van der Waals surface area contributed by atoms with Crippen LogP contribution in [-0.2, 0) is 19.1 Å². The van der Waals surface area contributed by atoms with E-state index in [0.717, 1.165) is 14.2 Å². The number of ether oxygens (including phenoxy) is 3. The molecule has 0 radical (unpaired) electrons. The lowest BCUT2D eigenvalue weighted by atomic mass is 9.78. The highest BCUT2D eigenvalue weighted by atomic mass is 16.5. The summed E-state index contributed by atoms with van der Waals surface area (Å²) >= 11 is 0. The number of carbonyl (C=O) groups is 2. The van der Waals surface area contributed by atoms with E-state index in [1.54, 1.807) is 45.0 Å². The number of nitriles is 2. The van der Waals surface area contributed by atoms with Crippen molar-refractivity contribution in [2.45, 2.75) is 26.3 Å². The zero-order valence-electron chi connectivity index (χ0n) is 17.7. The maximum Gasteiger partial charge on any atom is 0.340 e. The first-order valence-electron chi connectivity index (χ1n) is 9.01. The Labute approximate surface area is 175 Å². The summed E-state index contributed by atoms with van der Waals surface area (Å²) in [6, 6.07) is 10.5. The molecule has 0 spiro atoms. The molecule has 2 rings (SSSR count). The van der Waals surface area contributed by atoms with Crippen molar-refractivity contribution >= 4 is 17.5 Å². The minimum absolute atomic E-state index is 0.0157. The molecular formula is C22H23N3O5. The molecule has 1 N–H and O–H groups in total. The van der Waals surface area contributed by atoms with Gasteiger partial charge in [-0.05, 0) is 38.5 Å². The zero-order chi connectivity index (χ0) is 22.7. The second-order valence-electron chi connectivity index (χ2n) is 7.56. The number of hydrogen-bond acceptors (Lipinski definition) is 8. The van der Waals surface area contributed by atoms with Gasteiger partial charge in [0.15, 0.2) is 0 Å². The van der Waals surface area contributed by atoms with E-state index in [9.17, 15) is 20.1 Å². The van der Waals surface area contributed by atoms with Gasteiger partial charge in [0.25, 0.3) is 0 Å². The Morgan fingerprint density at radius 3 is 1.83 bits per heavy atom. The Kier molecular flexibility index (Phi) is 6.23. The third kappa shape index (κ3) is 3.72. The summed E-state index contributed by atoms with van der Waals surface area (Å²) in [5.41, 5.74) is -2.56. The summed E-state index contributed by atoms with van der Waals surface area (Å²) in [5, 5.41) is 23.4. The number of benzene rings is 1. The van der Waals surface area contributed by atoms with Crippen LogP contribution in [-0.4, -0.2) is 38.8 Å². The van der Waals surface area contributed by atoms with E-state index < -0.39 is 22.9 Å². The molecule has 1 aromatic carbocycles. The maximum atomic E-state index is 12.8. The molecule has 8 heteroatoms. The molecule has 1 aliphatic rings. The second kappa shape index (κ2) is 8.30.